The van der Waals surface area contributed by atoms with E-state index in [-0.39, 0.29) is 11.8 Å². The van der Waals surface area contributed by atoms with E-state index in [0.717, 1.165) is 21.9 Å². The van der Waals surface area contributed by atoms with Crippen LogP contribution in [0.3, 0.4) is 0 Å². The van der Waals surface area contributed by atoms with Crippen LogP contribution in [0.25, 0.3) is 10.8 Å². The van der Waals surface area contributed by atoms with Gasteiger partial charge in [0.25, 0.3) is 5.91 Å². The first-order valence-electron chi connectivity index (χ1n) is 9.40. The molecule has 2 N–H and O–H groups in total. The van der Waals surface area contributed by atoms with Crippen molar-refractivity contribution in [1.82, 2.24) is 10.7 Å². The van der Waals surface area contributed by atoms with Gasteiger partial charge in [-0.1, -0.05) is 60.7 Å². The zero-order chi connectivity index (χ0) is 20.2. The molecular formula is C23H21N3O3. The van der Waals surface area contributed by atoms with Gasteiger partial charge in [-0.15, -0.1) is 0 Å². The highest BCUT2D eigenvalue weighted by atomic mass is 16.5. The number of benzene rings is 3. The van der Waals surface area contributed by atoms with Gasteiger partial charge < -0.3 is 10.1 Å². The van der Waals surface area contributed by atoms with Gasteiger partial charge >= 0.3 is 0 Å². The quantitative estimate of drug-likeness (QED) is 0.401. The average Bonchev–Trinajstić information content (AvgIpc) is 3.15. The van der Waals surface area contributed by atoms with Crippen LogP contribution in [0.4, 0.5) is 0 Å². The Labute approximate surface area is 168 Å². The van der Waals surface area contributed by atoms with Gasteiger partial charge in [0.2, 0.25) is 5.91 Å². The summed E-state index contributed by atoms with van der Waals surface area (Å²) in [5.41, 5.74) is 4.25. The van der Waals surface area contributed by atoms with Crippen LogP contribution < -0.4 is 15.5 Å². The molecule has 2 amide bonds. The second kappa shape index (κ2) is 8.14. The van der Waals surface area contributed by atoms with Crippen molar-refractivity contribution in [3.8, 4) is 5.75 Å². The minimum Gasteiger partial charge on any atom is -0.496 e. The van der Waals surface area contributed by atoms with E-state index < -0.39 is 11.8 Å². The SMILES string of the molecule is COc1ccc2ccccc2c1/C=N/NC(=O)[C@H]1C(=O)NC[C@@H]1c1ccccc1. The molecule has 4 rings (SSSR count). The van der Waals surface area contributed by atoms with Crippen molar-refractivity contribution in [2.45, 2.75) is 5.92 Å². The molecule has 0 unspecified atom stereocenters. The van der Waals surface area contributed by atoms with Gasteiger partial charge in [-0.3, -0.25) is 9.59 Å². The summed E-state index contributed by atoms with van der Waals surface area (Å²) in [5.74, 6) is -1.09. The molecule has 2 atom stereocenters. The number of ether oxygens (including phenoxy) is 1. The summed E-state index contributed by atoms with van der Waals surface area (Å²) in [4.78, 5) is 25.0. The van der Waals surface area contributed by atoms with Crippen molar-refractivity contribution < 1.29 is 14.3 Å². The number of nitrogens with one attached hydrogen (secondary N) is 2. The molecule has 6 heteroatoms. The van der Waals surface area contributed by atoms with E-state index in [9.17, 15) is 9.59 Å². The molecular weight excluding hydrogens is 366 g/mol. The smallest absolute Gasteiger partial charge is 0.253 e. The Morgan fingerprint density at radius 2 is 1.86 bits per heavy atom. The van der Waals surface area contributed by atoms with Crippen LogP contribution in [0.15, 0.2) is 71.8 Å². The summed E-state index contributed by atoms with van der Waals surface area (Å²) in [6.07, 6.45) is 1.56. The van der Waals surface area contributed by atoms with Gasteiger partial charge in [0, 0.05) is 18.0 Å². The second-order valence-corrected chi connectivity index (χ2v) is 6.88. The molecule has 1 saturated heterocycles. The van der Waals surface area contributed by atoms with E-state index in [2.05, 4.69) is 15.8 Å². The van der Waals surface area contributed by atoms with E-state index >= 15 is 0 Å². The average molecular weight is 387 g/mol. The lowest BCUT2D eigenvalue weighted by molar-refractivity contribution is -0.133. The summed E-state index contributed by atoms with van der Waals surface area (Å²) in [5, 5.41) is 8.91. The van der Waals surface area contributed by atoms with Gasteiger partial charge in [-0.25, -0.2) is 5.43 Å². The van der Waals surface area contributed by atoms with E-state index in [1.807, 2.05) is 66.7 Å². The first kappa shape index (κ1) is 18.7. The molecule has 3 aromatic rings. The number of carbonyl (C=O) groups excluding carboxylic acids is 2. The van der Waals surface area contributed by atoms with Crippen LogP contribution in [0.1, 0.15) is 17.0 Å². The third-order valence-electron chi connectivity index (χ3n) is 5.21. The Morgan fingerprint density at radius 1 is 1.10 bits per heavy atom. The summed E-state index contributed by atoms with van der Waals surface area (Å²) in [7, 11) is 1.59. The highest BCUT2D eigenvalue weighted by Crippen LogP contribution is 2.29. The predicted octanol–water partition coefficient (Wildman–Crippen LogP) is 2.83. The molecule has 1 aliphatic heterocycles. The zero-order valence-corrected chi connectivity index (χ0v) is 16.0. The Bertz CT molecular complexity index is 1080. The van der Waals surface area contributed by atoms with Crippen LogP contribution in [-0.2, 0) is 9.59 Å². The van der Waals surface area contributed by atoms with Crippen molar-refractivity contribution >= 4 is 28.8 Å². The monoisotopic (exact) mass is 387 g/mol. The third-order valence-corrected chi connectivity index (χ3v) is 5.21. The van der Waals surface area contributed by atoms with Gasteiger partial charge in [0.05, 0.1) is 13.3 Å². The number of methoxy groups -OCH3 is 1. The highest BCUT2D eigenvalue weighted by molar-refractivity contribution is 6.05. The van der Waals surface area contributed by atoms with Crippen molar-refractivity contribution in [1.29, 1.82) is 0 Å². The minimum atomic E-state index is -0.816. The number of nitrogens with zero attached hydrogens (tertiary/aromatic N) is 1. The fraction of sp³-hybridized carbons (Fsp3) is 0.174. The molecule has 0 spiro atoms. The molecule has 0 radical (unpaired) electrons. The largest absolute Gasteiger partial charge is 0.496 e. The van der Waals surface area contributed by atoms with Gasteiger partial charge in [-0.2, -0.15) is 5.10 Å². The van der Waals surface area contributed by atoms with Crippen LogP contribution in [-0.4, -0.2) is 31.7 Å². The Balaban J connectivity index is 1.56. The zero-order valence-electron chi connectivity index (χ0n) is 16.0. The molecule has 6 nitrogen and oxygen atoms in total. The molecule has 1 heterocycles. The molecule has 1 aliphatic rings. The maximum Gasteiger partial charge on any atom is 0.253 e. The van der Waals surface area contributed by atoms with Crippen molar-refractivity contribution in [3.05, 3.63) is 77.9 Å². The first-order chi connectivity index (χ1) is 14.2. The van der Waals surface area contributed by atoms with E-state index in [4.69, 9.17) is 4.74 Å². The first-order valence-corrected chi connectivity index (χ1v) is 9.40. The van der Waals surface area contributed by atoms with Crippen molar-refractivity contribution in [2.24, 2.45) is 11.0 Å². The van der Waals surface area contributed by atoms with E-state index in [1.165, 1.54) is 0 Å². The number of fused-ring (bicyclic) bond motifs is 1. The number of hydrazone groups is 1. The predicted molar refractivity (Wildman–Crippen MR) is 112 cm³/mol. The maximum atomic E-state index is 12.7. The fourth-order valence-corrected chi connectivity index (χ4v) is 3.75. The molecule has 3 aromatic carbocycles. The molecule has 0 saturated carbocycles. The molecule has 0 aromatic heterocycles. The number of hydrogen-bond acceptors (Lipinski definition) is 4. The van der Waals surface area contributed by atoms with Gasteiger partial charge in [0.1, 0.15) is 11.7 Å². The molecule has 0 bridgehead atoms. The Morgan fingerprint density at radius 3 is 2.66 bits per heavy atom. The van der Waals surface area contributed by atoms with Crippen LogP contribution in [0.5, 0.6) is 5.75 Å². The summed E-state index contributed by atoms with van der Waals surface area (Å²) < 4.78 is 5.43. The minimum absolute atomic E-state index is 0.217. The van der Waals surface area contributed by atoms with Crippen molar-refractivity contribution in [3.63, 3.8) is 0 Å². The third kappa shape index (κ3) is 3.69. The van der Waals surface area contributed by atoms with Gasteiger partial charge in [-0.05, 0) is 22.4 Å². The number of rotatable bonds is 5. The summed E-state index contributed by atoms with van der Waals surface area (Å²) in [6.45, 7) is 0.432. The summed E-state index contributed by atoms with van der Waals surface area (Å²) in [6, 6.07) is 21.3. The van der Waals surface area contributed by atoms with Crippen LogP contribution in [0, 0.1) is 5.92 Å². The lowest BCUT2D eigenvalue weighted by Gasteiger charge is -2.15. The number of hydrogen-bond donors (Lipinski definition) is 2. The normalized spacial score (nSPS) is 18.7. The topological polar surface area (TPSA) is 79.8 Å². The highest BCUT2D eigenvalue weighted by Gasteiger charge is 2.40. The van der Waals surface area contributed by atoms with Crippen molar-refractivity contribution in [2.75, 3.05) is 13.7 Å². The van der Waals surface area contributed by atoms with Gasteiger partial charge in [0.15, 0.2) is 0 Å². The lowest BCUT2D eigenvalue weighted by atomic mass is 9.88. The van der Waals surface area contributed by atoms with Crippen LogP contribution >= 0.6 is 0 Å². The lowest BCUT2D eigenvalue weighted by Crippen LogP contribution is -2.34. The Kier molecular flexibility index (Phi) is 5.24. The van der Waals surface area contributed by atoms with E-state index in [1.54, 1.807) is 13.3 Å². The second-order valence-electron chi connectivity index (χ2n) is 6.88. The summed E-state index contributed by atoms with van der Waals surface area (Å²) >= 11 is 0. The van der Waals surface area contributed by atoms with E-state index in [0.29, 0.717) is 12.3 Å². The Hall–Kier alpha value is -3.67. The fourth-order valence-electron chi connectivity index (χ4n) is 3.75. The molecule has 1 fully saturated rings. The molecule has 146 valence electrons. The number of amides is 2. The standard InChI is InChI=1S/C23H21N3O3/c1-29-20-12-11-16-9-5-6-10-17(16)19(20)14-25-26-23(28)21-18(13-24-22(21)27)15-7-3-2-4-8-15/h2-12,14,18,21H,13H2,1H3,(H,24,27)(H,26,28)/b25-14+/t18-,21-/m1/s1. The molecule has 29 heavy (non-hydrogen) atoms. The number of carbonyl (C=O) groups is 2. The van der Waals surface area contributed by atoms with Crippen LogP contribution in [0.2, 0.25) is 0 Å². The maximum absolute atomic E-state index is 12.7. The molecule has 0 aliphatic carbocycles.